The maximum Gasteiger partial charge on any atom is 0.261 e. The van der Waals surface area contributed by atoms with Crippen molar-refractivity contribution in [1.82, 2.24) is 10.2 Å². The SMILES string of the molecule is CCNC(=O)C1CCCN1C(=O)c1cccc(NS(=O)(=O)c2ccccc2)c1. The van der Waals surface area contributed by atoms with Gasteiger partial charge in [0.15, 0.2) is 0 Å². The zero-order chi connectivity index (χ0) is 20.1. The Kier molecular flexibility index (Phi) is 5.99. The van der Waals surface area contributed by atoms with Gasteiger partial charge in [-0.15, -0.1) is 0 Å². The fourth-order valence-corrected chi connectivity index (χ4v) is 4.34. The van der Waals surface area contributed by atoms with Crippen LogP contribution in [-0.4, -0.2) is 44.3 Å². The van der Waals surface area contributed by atoms with Crippen LogP contribution in [0.4, 0.5) is 5.69 Å². The zero-order valence-corrected chi connectivity index (χ0v) is 16.4. The summed E-state index contributed by atoms with van der Waals surface area (Å²) in [5.74, 6) is -0.441. The van der Waals surface area contributed by atoms with Crippen LogP contribution in [0.1, 0.15) is 30.1 Å². The molecule has 148 valence electrons. The average molecular weight is 401 g/mol. The molecule has 0 bridgehead atoms. The average Bonchev–Trinajstić information content (AvgIpc) is 3.18. The number of nitrogens with one attached hydrogen (secondary N) is 2. The number of likely N-dealkylation sites (N-methyl/N-ethyl adjacent to an activating group) is 1. The van der Waals surface area contributed by atoms with Crippen molar-refractivity contribution >= 4 is 27.5 Å². The quantitative estimate of drug-likeness (QED) is 0.776. The number of likely N-dealkylation sites (tertiary alicyclic amines) is 1. The van der Waals surface area contributed by atoms with Crippen molar-refractivity contribution in [3.05, 3.63) is 60.2 Å². The fourth-order valence-electron chi connectivity index (χ4n) is 3.27. The predicted octanol–water partition coefficient (Wildman–Crippen LogP) is 2.23. The Balaban J connectivity index is 1.79. The van der Waals surface area contributed by atoms with Crippen molar-refractivity contribution in [1.29, 1.82) is 0 Å². The van der Waals surface area contributed by atoms with E-state index in [0.717, 1.165) is 6.42 Å². The maximum atomic E-state index is 12.9. The van der Waals surface area contributed by atoms with Gasteiger partial charge >= 0.3 is 0 Å². The van der Waals surface area contributed by atoms with Crippen LogP contribution in [-0.2, 0) is 14.8 Å². The minimum absolute atomic E-state index is 0.141. The molecule has 1 saturated heterocycles. The van der Waals surface area contributed by atoms with Crippen LogP contribution in [0.2, 0.25) is 0 Å². The molecule has 1 atom stereocenters. The summed E-state index contributed by atoms with van der Waals surface area (Å²) in [6.45, 7) is 2.84. The lowest BCUT2D eigenvalue weighted by Gasteiger charge is -2.24. The van der Waals surface area contributed by atoms with Gasteiger partial charge in [0, 0.05) is 24.3 Å². The summed E-state index contributed by atoms with van der Waals surface area (Å²) < 4.78 is 27.5. The Hall–Kier alpha value is -2.87. The number of carbonyl (C=O) groups is 2. The molecule has 2 aromatic rings. The molecule has 0 radical (unpaired) electrons. The van der Waals surface area contributed by atoms with Crippen molar-refractivity contribution < 1.29 is 18.0 Å². The third-order valence-corrected chi connectivity index (χ3v) is 5.98. The summed E-state index contributed by atoms with van der Waals surface area (Å²) in [4.78, 5) is 26.8. The van der Waals surface area contributed by atoms with Crippen LogP contribution in [0.5, 0.6) is 0 Å². The number of amides is 2. The van der Waals surface area contributed by atoms with Gasteiger partial charge in [-0.3, -0.25) is 14.3 Å². The number of hydrogen-bond acceptors (Lipinski definition) is 4. The monoisotopic (exact) mass is 401 g/mol. The standard InChI is InChI=1S/C20H23N3O4S/c1-2-21-19(24)18-12-7-13-23(18)20(25)15-8-6-9-16(14-15)22-28(26,27)17-10-4-3-5-11-17/h3-6,8-11,14,18,22H,2,7,12-13H2,1H3,(H,21,24). The maximum absolute atomic E-state index is 12.9. The Morgan fingerprint density at radius 1 is 1.11 bits per heavy atom. The molecule has 2 aromatic carbocycles. The van der Waals surface area contributed by atoms with Gasteiger partial charge in [-0.25, -0.2) is 8.42 Å². The van der Waals surface area contributed by atoms with Crippen molar-refractivity contribution in [3.63, 3.8) is 0 Å². The van der Waals surface area contributed by atoms with Crippen molar-refractivity contribution in [2.45, 2.75) is 30.7 Å². The van der Waals surface area contributed by atoms with E-state index in [1.54, 1.807) is 41.3 Å². The molecule has 0 saturated carbocycles. The van der Waals surface area contributed by atoms with Gasteiger partial charge in [0.05, 0.1) is 4.90 Å². The molecule has 0 aliphatic carbocycles. The molecule has 1 aliphatic heterocycles. The molecule has 8 heteroatoms. The summed E-state index contributed by atoms with van der Waals surface area (Å²) in [5, 5.41) is 2.76. The number of benzene rings is 2. The van der Waals surface area contributed by atoms with Gasteiger partial charge in [0.25, 0.3) is 15.9 Å². The predicted molar refractivity (Wildman–Crippen MR) is 106 cm³/mol. The number of hydrogen-bond donors (Lipinski definition) is 2. The molecule has 1 aliphatic rings. The summed E-state index contributed by atoms with van der Waals surface area (Å²) in [6, 6.07) is 13.8. The second-order valence-electron chi connectivity index (χ2n) is 6.55. The molecular formula is C20H23N3O4S. The van der Waals surface area contributed by atoms with E-state index in [1.165, 1.54) is 18.2 Å². The molecule has 2 amide bonds. The van der Waals surface area contributed by atoms with Crippen LogP contribution in [0.3, 0.4) is 0 Å². The van der Waals surface area contributed by atoms with E-state index in [2.05, 4.69) is 10.0 Å². The lowest BCUT2D eigenvalue weighted by atomic mass is 10.1. The van der Waals surface area contributed by atoms with Gasteiger partial charge < -0.3 is 10.2 Å². The molecule has 0 spiro atoms. The lowest BCUT2D eigenvalue weighted by molar-refractivity contribution is -0.124. The molecule has 28 heavy (non-hydrogen) atoms. The van der Waals surface area contributed by atoms with Crippen LogP contribution in [0, 0.1) is 0 Å². The number of anilines is 1. The van der Waals surface area contributed by atoms with Crippen LogP contribution in [0.15, 0.2) is 59.5 Å². The topological polar surface area (TPSA) is 95.6 Å². The van der Waals surface area contributed by atoms with E-state index < -0.39 is 16.1 Å². The number of sulfonamides is 1. The molecule has 1 fully saturated rings. The normalized spacial score (nSPS) is 16.6. The molecule has 3 rings (SSSR count). The lowest BCUT2D eigenvalue weighted by Crippen LogP contribution is -2.45. The van der Waals surface area contributed by atoms with E-state index in [4.69, 9.17) is 0 Å². The van der Waals surface area contributed by atoms with Gasteiger partial charge in [-0.2, -0.15) is 0 Å². The van der Waals surface area contributed by atoms with E-state index in [0.29, 0.717) is 30.8 Å². The summed E-state index contributed by atoms with van der Waals surface area (Å²) in [6.07, 6.45) is 1.38. The van der Waals surface area contributed by atoms with Crippen LogP contribution < -0.4 is 10.0 Å². The van der Waals surface area contributed by atoms with E-state index in [-0.39, 0.29) is 16.7 Å². The molecule has 0 aromatic heterocycles. The first-order chi connectivity index (χ1) is 13.4. The Morgan fingerprint density at radius 3 is 2.57 bits per heavy atom. The highest BCUT2D eigenvalue weighted by atomic mass is 32.2. The summed E-state index contributed by atoms with van der Waals surface area (Å²) in [5.41, 5.74) is 0.632. The van der Waals surface area contributed by atoms with Crippen LogP contribution >= 0.6 is 0 Å². The molecule has 1 unspecified atom stereocenters. The highest BCUT2D eigenvalue weighted by Gasteiger charge is 2.34. The Morgan fingerprint density at radius 2 is 1.86 bits per heavy atom. The second kappa shape index (κ2) is 8.43. The van der Waals surface area contributed by atoms with Crippen molar-refractivity contribution in [3.8, 4) is 0 Å². The smallest absolute Gasteiger partial charge is 0.261 e. The molecular weight excluding hydrogens is 378 g/mol. The summed E-state index contributed by atoms with van der Waals surface area (Å²) >= 11 is 0. The Bertz CT molecular complexity index is 960. The van der Waals surface area contributed by atoms with Crippen LogP contribution in [0.25, 0.3) is 0 Å². The first kappa shape index (κ1) is 19.9. The first-order valence-corrected chi connectivity index (χ1v) is 10.7. The number of carbonyl (C=O) groups excluding carboxylic acids is 2. The molecule has 7 nitrogen and oxygen atoms in total. The number of nitrogens with zero attached hydrogens (tertiary/aromatic N) is 1. The third-order valence-electron chi connectivity index (χ3n) is 4.58. The fraction of sp³-hybridized carbons (Fsp3) is 0.300. The van der Waals surface area contributed by atoms with Crippen molar-refractivity contribution in [2.24, 2.45) is 0 Å². The Labute approximate surface area is 164 Å². The second-order valence-corrected chi connectivity index (χ2v) is 8.23. The minimum Gasteiger partial charge on any atom is -0.355 e. The summed E-state index contributed by atoms with van der Waals surface area (Å²) in [7, 11) is -3.75. The van der Waals surface area contributed by atoms with Crippen molar-refractivity contribution in [2.75, 3.05) is 17.8 Å². The van der Waals surface area contributed by atoms with E-state index in [9.17, 15) is 18.0 Å². The molecule has 2 N–H and O–H groups in total. The highest BCUT2D eigenvalue weighted by Crippen LogP contribution is 2.23. The number of rotatable bonds is 6. The van der Waals surface area contributed by atoms with Gasteiger partial charge in [0.1, 0.15) is 6.04 Å². The molecule has 1 heterocycles. The van der Waals surface area contributed by atoms with E-state index >= 15 is 0 Å². The minimum atomic E-state index is -3.75. The van der Waals surface area contributed by atoms with Gasteiger partial charge in [-0.05, 0) is 50.1 Å². The zero-order valence-electron chi connectivity index (χ0n) is 15.6. The largest absolute Gasteiger partial charge is 0.355 e. The first-order valence-electron chi connectivity index (χ1n) is 9.19. The highest BCUT2D eigenvalue weighted by molar-refractivity contribution is 7.92. The third kappa shape index (κ3) is 4.33. The van der Waals surface area contributed by atoms with Gasteiger partial charge in [-0.1, -0.05) is 24.3 Å². The van der Waals surface area contributed by atoms with E-state index in [1.807, 2.05) is 6.92 Å². The van der Waals surface area contributed by atoms with Gasteiger partial charge in [0.2, 0.25) is 5.91 Å².